The van der Waals surface area contributed by atoms with Crippen molar-refractivity contribution in [2.24, 2.45) is 0 Å². The lowest BCUT2D eigenvalue weighted by atomic mass is 9.99. The molecule has 0 fully saturated rings. The molecule has 0 saturated carbocycles. The summed E-state index contributed by atoms with van der Waals surface area (Å²) in [5.41, 5.74) is 1.83. The lowest BCUT2D eigenvalue weighted by Crippen LogP contribution is -2.08. The summed E-state index contributed by atoms with van der Waals surface area (Å²) in [4.78, 5) is 11.9. The number of esters is 1. The molecule has 2 aromatic rings. The van der Waals surface area contributed by atoms with Gasteiger partial charge in [-0.2, -0.15) is 0 Å². The van der Waals surface area contributed by atoms with Crippen LogP contribution in [0.2, 0.25) is 0 Å². The van der Waals surface area contributed by atoms with Crippen LogP contribution in [0.5, 0.6) is 5.75 Å². The SMILES string of the molecule is CCC(C)c1ccc(OC(=O)c2ccccc2)cc1. The monoisotopic (exact) mass is 254 g/mol. The van der Waals surface area contributed by atoms with Gasteiger partial charge in [-0.1, -0.05) is 44.2 Å². The predicted octanol–water partition coefficient (Wildman–Crippen LogP) is 4.42. The van der Waals surface area contributed by atoms with Gasteiger partial charge in [0.15, 0.2) is 0 Å². The van der Waals surface area contributed by atoms with E-state index < -0.39 is 0 Å². The van der Waals surface area contributed by atoms with Crippen LogP contribution in [0.1, 0.15) is 42.1 Å². The molecule has 2 rings (SSSR count). The Labute approximate surface area is 114 Å². The maximum Gasteiger partial charge on any atom is 0.343 e. The van der Waals surface area contributed by atoms with Gasteiger partial charge in [0.25, 0.3) is 0 Å². The van der Waals surface area contributed by atoms with Gasteiger partial charge < -0.3 is 4.74 Å². The smallest absolute Gasteiger partial charge is 0.343 e. The topological polar surface area (TPSA) is 26.3 Å². The normalized spacial score (nSPS) is 11.9. The molecule has 0 aromatic heterocycles. The van der Waals surface area contributed by atoms with Gasteiger partial charge in [-0.15, -0.1) is 0 Å². The third-order valence-corrected chi connectivity index (χ3v) is 3.28. The van der Waals surface area contributed by atoms with Crippen molar-refractivity contribution in [2.45, 2.75) is 26.2 Å². The molecular formula is C17H18O2. The summed E-state index contributed by atoms with van der Waals surface area (Å²) in [5, 5.41) is 0. The van der Waals surface area contributed by atoms with Crippen molar-refractivity contribution in [3.63, 3.8) is 0 Å². The van der Waals surface area contributed by atoms with Gasteiger partial charge >= 0.3 is 5.97 Å². The first-order chi connectivity index (χ1) is 9.20. The van der Waals surface area contributed by atoms with E-state index in [1.165, 1.54) is 5.56 Å². The van der Waals surface area contributed by atoms with Crippen molar-refractivity contribution in [2.75, 3.05) is 0 Å². The molecule has 1 unspecified atom stereocenters. The fourth-order valence-electron chi connectivity index (χ4n) is 1.84. The summed E-state index contributed by atoms with van der Waals surface area (Å²) < 4.78 is 5.33. The second-order valence-electron chi connectivity index (χ2n) is 4.63. The van der Waals surface area contributed by atoms with Crippen LogP contribution in [0.3, 0.4) is 0 Å². The van der Waals surface area contributed by atoms with Crippen molar-refractivity contribution < 1.29 is 9.53 Å². The van der Waals surface area contributed by atoms with Crippen LogP contribution in [0, 0.1) is 0 Å². The Morgan fingerprint density at radius 1 is 1.05 bits per heavy atom. The highest BCUT2D eigenvalue weighted by Crippen LogP contribution is 2.22. The summed E-state index contributed by atoms with van der Waals surface area (Å²) >= 11 is 0. The second-order valence-corrected chi connectivity index (χ2v) is 4.63. The van der Waals surface area contributed by atoms with Gasteiger partial charge in [0.05, 0.1) is 5.56 Å². The molecule has 0 spiro atoms. The van der Waals surface area contributed by atoms with Crippen molar-refractivity contribution in [3.05, 3.63) is 65.7 Å². The lowest BCUT2D eigenvalue weighted by Gasteiger charge is -2.10. The van der Waals surface area contributed by atoms with Crippen LogP contribution in [-0.2, 0) is 0 Å². The van der Waals surface area contributed by atoms with E-state index >= 15 is 0 Å². The Balaban J connectivity index is 2.06. The van der Waals surface area contributed by atoms with Crippen molar-refractivity contribution in [3.8, 4) is 5.75 Å². The van der Waals surface area contributed by atoms with E-state index in [1.54, 1.807) is 12.1 Å². The molecule has 0 heterocycles. The summed E-state index contributed by atoms with van der Waals surface area (Å²) in [6.45, 7) is 4.35. The van der Waals surface area contributed by atoms with Gasteiger partial charge in [-0.05, 0) is 42.2 Å². The Bertz CT molecular complexity index is 529. The van der Waals surface area contributed by atoms with Crippen LogP contribution < -0.4 is 4.74 Å². The zero-order valence-corrected chi connectivity index (χ0v) is 11.3. The molecule has 0 aliphatic rings. The van der Waals surface area contributed by atoms with E-state index in [-0.39, 0.29) is 5.97 Å². The molecule has 0 N–H and O–H groups in total. The summed E-state index contributed by atoms with van der Waals surface area (Å²) in [6, 6.07) is 16.7. The van der Waals surface area contributed by atoms with E-state index in [2.05, 4.69) is 13.8 Å². The number of hydrogen-bond donors (Lipinski definition) is 0. The number of rotatable bonds is 4. The summed E-state index contributed by atoms with van der Waals surface area (Å²) in [6.07, 6.45) is 1.10. The second kappa shape index (κ2) is 6.19. The Kier molecular flexibility index (Phi) is 4.35. The van der Waals surface area contributed by atoms with Gasteiger partial charge in [0, 0.05) is 0 Å². The third-order valence-electron chi connectivity index (χ3n) is 3.28. The average Bonchev–Trinajstić information content (AvgIpc) is 2.48. The molecule has 2 aromatic carbocycles. The minimum absolute atomic E-state index is 0.322. The molecule has 98 valence electrons. The quantitative estimate of drug-likeness (QED) is 0.596. The maximum atomic E-state index is 11.9. The highest BCUT2D eigenvalue weighted by atomic mass is 16.5. The largest absolute Gasteiger partial charge is 0.423 e. The molecule has 2 heteroatoms. The van der Waals surface area contributed by atoms with Crippen LogP contribution in [0.25, 0.3) is 0 Å². The number of benzene rings is 2. The van der Waals surface area contributed by atoms with Gasteiger partial charge in [-0.25, -0.2) is 4.79 Å². The molecular weight excluding hydrogens is 236 g/mol. The van der Waals surface area contributed by atoms with Crippen molar-refractivity contribution in [1.29, 1.82) is 0 Å². The van der Waals surface area contributed by atoms with Gasteiger partial charge in [-0.3, -0.25) is 0 Å². The maximum absolute atomic E-state index is 11.9. The minimum atomic E-state index is -0.322. The first kappa shape index (κ1) is 13.3. The summed E-state index contributed by atoms with van der Waals surface area (Å²) in [5.74, 6) is 0.789. The van der Waals surface area contributed by atoms with E-state index in [0.29, 0.717) is 17.2 Å². The Hall–Kier alpha value is -2.09. The molecule has 1 atom stereocenters. The summed E-state index contributed by atoms with van der Waals surface area (Å²) in [7, 11) is 0. The molecule has 0 aliphatic heterocycles. The van der Waals surface area contributed by atoms with E-state index in [1.807, 2.05) is 42.5 Å². The van der Waals surface area contributed by atoms with Crippen LogP contribution in [0.4, 0.5) is 0 Å². The van der Waals surface area contributed by atoms with Crippen LogP contribution in [0.15, 0.2) is 54.6 Å². The number of carbonyl (C=O) groups is 1. The van der Waals surface area contributed by atoms with E-state index in [0.717, 1.165) is 6.42 Å². The molecule has 0 radical (unpaired) electrons. The standard InChI is InChI=1S/C17H18O2/c1-3-13(2)14-9-11-16(12-10-14)19-17(18)15-7-5-4-6-8-15/h4-13H,3H2,1-2H3. The minimum Gasteiger partial charge on any atom is -0.423 e. The highest BCUT2D eigenvalue weighted by Gasteiger charge is 2.08. The molecule has 0 aliphatic carbocycles. The van der Waals surface area contributed by atoms with Crippen molar-refractivity contribution in [1.82, 2.24) is 0 Å². The number of hydrogen-bond acceptors (Lipinski definition) is 2. The average molecular weight is 254 g/mol. The zero-order chi connectivity index (χ0) is 13.7. The Morgan fingerprint density at radius 2 is 1.68 bits per heavy atom. The fourth-order valence-corrected chi connectivity index (χ4v) is 1.84. The fraction of sp³-hybridized carbons (Fsp3) is 0.235. The Morgan fingerprint density at radius 3 is 2.26 bits per heavy atom. The number of carbonyl (C=O) groups excluding carboxylic acids is 1. The van der Waals surface area contributed by atoms with Crippen LogP contribution >= 0.6 is 0 Å². The molecule has 0 amide bonds. The zero-order valence-electron chi connectivity index (χ0n) is 11.3. The van der Waals surface area contributed by atoms with Gasteiger partial charge in [0.1, 0.15) is 5.75 Å². The molecule has 2 nitrogen and oxygen atoms in total. The van der Waals surface area contributed by atoms with Gasteiger partial charge in [0.2, 0.25) is 0 Å². The number of ether oxygens (including phenoxy) is 1. The first-order valence-corrected chi connectivity index (χ1v) is 6.58. The third kappa shape index (κ3) is 3.44. The predicted molar refractivity (Wildman–Crippen MR) is 76.5 cm³/mol. The van der Waals surface area contributed by atoms with E-state index in [9.17, 15) is 4.79 Å². The van der Waals surface area contributed by atoms with Crippen LogP contribution in [-0.4, -0.2) is 5.97 Å². The molecule has 0 bridgehead atoms. The first-order valence-electron chi connectivity index (χ1n) is 6.58. The van der Waals surface area contributed by atoms with E-state index in [4.69, 9.17) is 4.74 Å². The molecule has 0 saturated heterocycles. The molecule has 19 heavy (non-hydrogen) atoms. The van der Waals surface area contributed by atoms with Crippen molar-refractivity contribution >= 4 is 5.97 Å². The highest BCUT2D eigenvalue weighted by molar-refractivity contribution is 5.90. The lowest BCUT2D eigenvalue weighted by molar-refractivity contribution is 0.0734.